The normalized spacial score (nSPS) is 19.5. The zero-order valence-electron chi connectivity index (χ0n) is 16.8. The molecule has 1 spiro atoms. The highest BCUT2D eigenvalue weighted by Crippen LogP contribution is 2.46. The van der Waals surface area contributed by atoms with Crippen LogP contribution in [-0.4, -0.2) is 46.6 Å². The number of likely N-dealkylation sites (tertiary alicyclic amines) is 1. The molecule has 1 fully saturated rings. The Morgan fingerprint density at radius 3 is 2.87 bits per heavy atom. The lowest BCUT2D eigenvalue weighted by Crippen LogP contribution is -2.53. The molecule has 152 valence electrons. The van der Waals surface area contributed by atoms with Crippen LogP contribution in [0.25, 0.3) is 5.82 Å². The lowest BCUT2D eigenvalue weighted by molar-refractivity contribution is -0.132. The van der Waals surface area contributed by atoms with Gasteiger partial charge >= 0.3 is 0 Å². The van der Waals surface area contributed by atoms with Gasteiger partial charge in [-0.15, -0.1) is 6.58 Å². The molecule has 0 unspecified atom stereocenters. The van der Waals surface area contributed by atoms with Crippen molar-refractivity contribution in [2.45, 2.75) is 12.0 Å². The van der Waals surface area contributed by atoms with Crippen LogP contribution in [0.4, 0.5) is 5.69 Å². The fourth-order valence-corrected chi connectivity index (χ4v) is 4.69. The van der Waals surface area contributed by atoms with Crippen molar-refractivity contribution in [3.8, 4) is 11.6 Å². The number of para-hydroxylation sites is 1. The van der Waals surface area contributed by atoms with Crippen molar-refractivity contribution in [1.29, 1.82) is 0 Å². The van der Waals surface area contributed by atoms with Crippen LogP contribution >= 0.6 is 0 Å². The van der Waals surface area contributed by atoms with Gasteiger partial charge in [0.2, 0.25) is 0 Å². The highest BCUT2D eigenvalue weighted by atomic mass is 16.5. The van der Waals surface area contributed by atoms with E-state index < -0.39 is 0 Å². The molecule has 6 heteroatoms. The maximum absolute atomic E-state index is 12.9. The van der Waals surface area contributed by atoms with Crippen LogP contribution in [0, 0.1) is 0 Å². The molecule has 0 radical (unpaired) electrons. The third kappa shape index (κ3) is 2.87. The molecule has 2 aliphatic heterocycles. The molecule has 5 rings (SSSR count). The second kappa shape index (κ2) is 7.37. The first kappa shape index (κ1) is 18.5. The van der Waals surface area contributed by atoms with Gasteiger partial charge in [-0.1, -0.05) is 24.3 Å². The first-order chi connectivity index (χ1) is 14.7. The second-order valence-corrected chi connectivity index (χ2v) is 7.71. The number of carbonyl (C=O) groups is 1. The number of pyridine rings is 1. The number of carbonyl (C=O) groups excluding carboxylic acids is 1. The highest BCUT2D eigenvalue weighted by molar-refractivity contribution is 5.79. The number of benzene rings is 1. The predicted octanol–water partition coefficient (Wildman–Crippen LogP) is 3.38. The standard InChI is InChI=1S/C24H24N4O2/c1-2-14-28-20-10-6-13-25-23(20)27-15-7-11-21(27)24(28)12-16-26(18-24)22(29)17-30-19-8-4-3-5-9-19/h2-11,13,15H,1,12,14,16-18H2/t24-/m0/s1. The first-order valence-corrected chi connectivity index (χ1v) is 10.2. The monoisotopic (exact) mass is 400 g/mol. The molecule has 1 atom stereocenters. The Labute approximate surface area is 176 Å². The molecular weight excluding hydrogens is 376 g/mol. The zero-order chi connectivity index (χ0) is 20.6. The summed E-state index contributed by atoms with van der Waals surface area (Å²) < 4.78 is 7.86. The Balaban J connectivity index is 1.44. The van der Waals surface area contributed by atoms with Gasteiger partial charge in [-0.25, -0.2) is 4.98 Å². The van der Waals surface area contributed by atoms with Crippen molar-refractivity contribution in [1.82, 2.24) is 14.5 Å². The summed E-state index contributed by atoms with van der Waals surface area (Å²) >= 11 is 0. The van der Waals surface area contributed by atoms with Gasteiger partial charge < -0.3 is 19.1 Å². The summed E-state index contributed by atoms with van der Waals surface area (Å²) in [5, 5.41) is 0. The van der Waals surface area contributed by atoms with E-state index in [0.717, 1.165) is 23.6 Å². The van der Waals surface area contributed by atoms with Gasteiger partial charge in [0, 0.05) is 32.0 Å². The maximum atomic E-state index is 12.9. The van der Waals surface area contributed by atoms with E-state index in [0.29, 0.717) is 25.4 Å². The molecule has 1 aromatic carbocycles. The molecule has 6 nitrogen and oxygen atoms in total. The topological polar surface area (TPSA) is 50.6 Å². The number of hydrogen-bond donors (Lipinski definition) is 0. The van der Waals surface area contributed by atoms with E-state index in [-0.39, 0.29) is 18.1 Å². The van der Waals surface area contributed by atoms with Gasteiger partial charge in [-0.05, 0) is 42.8 Å². The van der Waals surface area contributed by atoms with Gasteiger partial charge in [0.15, 0.2) is 12.4 Å². The summed E-state index contributed by atoms with van der Waals surface area (Å²) in [4.78, 5) is 21.8. The molecule has 0 aliphatic carbocycles. The van der Waals surface area contributed by atoms with Crippen LogP contribution < -0.4 is 9.64 Å². The molecule has 0 saturated carbocycles. The quantitative estimate of drug-likeness (QED) is 0.616. The van der Waals surface area contributed by atoms with E-state index in [4.69, 9.17) is 4.74 Å². The minimum Gasteiger partial charge on any atom is -0.484 e. The van der Waals surface area contributed by atoms with Crippen LogP contribution in [0.3, 0.4) is 0 Å². The number of rotatable bonds is 5. The van der Waals surface area contributed by atoms with Gasteiger partial charge in [-0.3, -0.25) is 4.79 Å². The SMILES string of the molecule is C=CCN1c2cccnc2-n2cccc2[C@@]12CCN(C(=O)COc1ccccc1)C2. The molecule has 1 saturated heterocycles. The van der Waals surface area contributed by atoms with Crippen LogP contribution in [0.15, 0.2) is 79.6 Å². The fourth-order valence-electron chi connectivity index (χ4n) is 4.69. The van der Waals surface area contributed by atoms with Gasteiger partial charge in [-0.2, -0.15) is 0 Å². The minimum absolute atomic E-state index is 0.00405. The number of amides is 1. The summed E-state index contributed by atoms with van der Waals surface area (Å²) in [6.07, 6.45) is 6.63. The molecule has 0 N–H and O–H groups in total. The van der Waals surface area contributed by atoms with Crippen molar-refractivity contribution in [3.63, 3.8) is 0 Å². The Morgan fingerprint density at radius 1 is 1.17 bits per heavy atom. The molecule has 1 amide bonds. The predicted molar refractivity (Wildman–Crippen MR) is 116 cm³/mol. The van der Waals surface area contributed by atoms with Crippen LogP contribution in [-0.2, 0) is 10.3 Å². The molecule has 3 aromatic rings. The van der Waals surface area contributed by atoms with E-state index in [2.05, 4.69) is 45.4 Å². The lowest BCUT2D eigenvalue weighted by Gasteiger charge is -2.46. The largest absolute Gasteiger partial charge is 0.484 e. The molecule has 0 bridgehead atoms. The summed E-state index contributed by atoms with van der Waals surface area (Å²) in [5.41, 5.74) is 1.92. The van der Waals surface area contributed by atoms with Crippen molar-refractivity contribution < 1.29 is 9.53 Å². The fraction of sp³-hybridized carbons (Fsp3) is 0.250. The van der Waals surface area contributed by atoms with Crippen molar-refractivity contribution in [2.24, 2.45) is 0 Å². The molecular formula is C24H24N4O2. The molecule has 2 aliphatic rings. The summed E-state index contributed by atoms with van der Waals surface area (Å²) in [6.45, 7) is 6.00. The van der Waals surface area contributed by atoms with Gasteiger partial charge in [0.05, 0.1) is 11.4 Å². The van der Waals surface area contributed by atoms with E-state index >= 15 is 0 Å². The van der Waals surface area contributed by atoms with Crippen molar-refractivity contribution >= 4 is 11.6 Å². The number of aromatic nitrogens is 2. The lowest BCUT2D eigenvalue weighted by atomic mass is 9.89. The summed E-state index contributed by atoms with van der Waals surface area (Å²) in [7, 11) is 0. The van der Waals surface area contributed by atoms with Crippen LogP contribution in [0.1, 0.15) is 12.1 Å². The highest BCUT2D eigenvalue weighted by Gasteiger charge is 2.50. The molecule has 30 heavy (non-hydrogen) atoms. The second-order valence-electron chi connectivity index (χ2n) is 7.71. The maximum Gasteiger partial charge on any atom is 0.260 e. The van der Waals surface area contributed by atoms with Gasteiger partial charge in [0.1, 0.15) is 11.3 Å². The Bertz CT molecular complexity index is 1080. The van der Waals surface area contributed by atoms with E-state index in [1.54, 1.807) is 0 Å². The third-order valence-corrected chi connectivity index (χ3v) is 6.04. The van der Waals surface area contributed by atoms with E-state index in [1.807, 2.05) is 53.6 Å². The van der Waals surface area contributed by atoms with Crippen LogP contribution in [0.5, 0.6) is 5.75 Å². The number of nitrogens with zero attached hydrogens (tertiary/aromatic N) is 4. The number of anilines is 1. The Morgan fingerprint density at radius 2 is 2.03 bits per heavy atom. The van der Waals surface area contributed by atoms with Crippen molar-refractivity contribution in [2.75, 3.05) is 31.1 Å². The molecule has 4 heterocycles. The summed E-state index contributed by atoms with van der Waals surface area (Å²) in [6, 6.07) is 17.7. The smallest absolute Gasteiger partial charge is 0.260 e. The zero-order valence-corrected chi connectivity index (χ0v) is 16.8. The molecule has 2 aromatic heterocycles. The number of ether oxygens (including phenoxy) is 1. The number of fused-ring (bicyclic) bond motifs is 4. The van der Waals surface area contributed by atoms with Crippen molar-refractivity contribution in [3.05, 3.63) is 85.3 Å². The average Bonchev–Trinajstić information content (AvgIpc) is 3.45. The van der Waals surface area contributed by atoms with E-state index in [1.165, 1.54) is 0 Å². The number of hydrogen-bond acceptors (Lipinski definition) is 4. The first-order valence-electron chi connectivity index (χ1n) is 10.2. The van der Waals surface area contributed by atoms with Gasteiger partial charge in [0.25, 0.3) is 5.91 Å². The average molecular weight is 400 g/mol. The Hall–Kier alpha value is -3.54. The third-order valence-electron chi connectivity index (χ3n) is 6.04. The van der Waals surface area contributed by atoms with E-state index in [9.17, 15) is 4.79 Å². The Kier molecular flexibility index (Phi) is 4.54. The summed E-state index contributed by atoms with van der Waals surface area (Å²) in [5.74, 6) is 1.63. The van der Waals surface area contributed by atoms with Crippen LogP contribution in [0.2, 0.25) is 0 Å². The minimum atomic E-state index is -0.309.